The van der Waals surface area contributed by atoms with Crippen LogP contribution in [0.1, 0.15) is 42.3 Å². The Bertz CT molecular complexity index is 579. The van der Waals surface area contributed by atoms with Gasteiger partial charge in [0.1, 0.15) is 0 Å². The lowest BCUT2D eigenvalue weighted by atomic mass is 10.2. The van der Waals surface area contributed by atoms with Crippen LogP contribution in [-0.2, 0) is 10.0 Å². The lowest BCUT2D eigenvalue weighted by Crippen LogP contribution is -2.34. The Morgan fingerprint density at radius 2 is 2.33 bits per heavy atom. The summed E-state index contributed by atoms with van der Waals surface area (Å²) in [5, 5.41) is 9.25. The minimum Gasteiger partial charge on any atom is -0.348 e. The Balaban J connectivity index is 1.83. The highest BCUT2D eigenvalue weighted by atomic mass is 32.2. The van der Waals surface area contributed by atoms with Crippen molar-refractivity contribution in [2.45, 2.75) is 25.8 Å². The summed E-state index contributed by atoms with van der Waals surface area (Å²) >= 11 is 0. The number of aromatic nitrogens is 2. The second-order valence-corrected chi connectivity index (χ2v) is 6.60. The normalized spacial score (nSPS) is 18.8. The van der Waals surface area contributed by atoms with Gasteiger partial charge < -0.3 is 15.2 Å². The number of amides is 1. The van der Waals surface area contributed by atoms with Crippen molar-refractivity contribution < 1.29 is 17.7 Å². The summed E-state index contributed by atoms with van der Waals surface area (Å²) in [7, 11) is -3.36. The number of nitrogens with one attached hydrogen (secondary N) is 3. The SMILES string of the molecule is CCNS(=O)(=O)CCNC(=O)c1noc(C2CCCN2)n1. The van der Waals surface area contributed by atoms with E-state index in [-0.39, 0.29) is 24.2 Å². The molecule has 0 aromatic carbocycles. The fraction of sp³-hybridized carbons (Fsp3) is 0.727. The Morgan fingerprint density at radius 3 is 3.00 bits per heavy atom. The molecule has 1 aliphatic rings. The van der Waals surface area contributed by atoms with E-state index < -0.39 is 15.9 Å². The third-order valence-electron chi connectivity index (χ3n) is 3.02. The highest BCUT2D eigenvalue weighted by molar-refractivity contribution is 7.89. The zero-order valence-corrected chi connectivity index (χ0v) is 12.6. The molecule has 0 saturated carbocycles. The first kappa shape index (κ1) is 15.9. The zero-order chi connectivity index (χ0) is 15.3. The van der Waals surface area contributed by atoms with Crippen molar-refractivity contribution in [1.29, 1.82) is 0 Å². The fourth-order valence-electron chi connectivity index (χ4n) is 2.03. The van der Waals surface area contributed by atoms with Gasteiger partial charge in [0.25, 0.3) is 11.7 Å². The van der Waals surface area contributed by atoms with Gasteiger partial charge in [0.2, 0.25) is 15.9 Å². The average molecular weight is 317 g/mol. The van der Waals surface area contributed by atoms with E-state index in [9.17, 15) is 13.2 Å². The van der Waals surface area contributed by atoms with Crippen molar-refractivity contribution in [1.82, 2.24) is 25.5 Å². The predicted molar refractivity (Wildman–Crippen MR) is 74.1 cm³/mol. The van der Waals surface area contributed by atoms with Gasteiger partial charge in [-0.15, -0.1) is 0 Å². The largest absolute Gasteiger partial charge is 0.348 e. The smallest absolute Gasteiger partial charge is 0.292 e. The number of hydrogen-bond acceptors (Lipinski definition) is 7. The summed E-state index contributed by atoms with van der Waals surface area (Å²) in [5.41, 5.74) is 0. The van der Waals surface area contributed by atoms with E-state index in [1.165, 1.54) is 0 Å². The van der Waals surface area contributed by atoms with Crippen LogP contribution in [-0.4, -0.2) is 49.9 Å². The monoisotopic (exact) mass is 317 g/mol. The van der Waals surface area contributed by atoms with Gasteiger partial charge in [-0.3, -0.25) is 4.79 Å². The summed E-state index contributed by atoms with van der Waals surface area (Å²) in [5.74, 6) is -0.436. The topological polar surface area (TPSA) is 126 Å². The van der Waals surface area contributed by atoms with E-state index in [0.717, 1.165) is 19.4 Å². The van der Waals surface area contributed by atoms with E-state index in [0.29, 0.717) is 12.4 Å². The number of carbonyl (C=O) groups is 1. The van der Waals surface area contributed by atoms with Gasteiger partial charge in [0.05, 0.1) is 11.8 Å². The summed E-state index contributed by atoms with van der Waals surface area (Å²) in [6.07, 6.45) is 1.92. The number of hydrogen-bond donors (Lipinski definition) is 3. The number of carbonyl (C=O) groups excluding carboxylic acids is 1. The molecular weight excluding hydrogens is 298 g/mol. The number of rotatable bonds is 7. The molecule has 2 rings (SSSR count). The van der Waals surface area contributed by atoms with E-state index in [4.69, 9.17) is 4.52 Å². The van der Waals surface area contributed by atoms with Gasteiger partial charge in [0.15, 0.2) is 0 Å². The van der Waals surface area contributed by atoms with Crippen molar-refractivity contribution in [2.75, 3.05) is 25.4 Å². The average Bonchev–Trinajstić information content (AvgIpc) is 3.09. The Labute approximate surface area is 122 Å². The third-order valence-corrected chi connectivity index (χ3v) is 4.49. The first-order chi connectivity index (χ1) is 10.0. The summed E-state index contributed by atoms with van der Waals surface area (Å²) in [6, 6.07) is -0.00631. The van der Waals surface area contributed by atoms with E-state index in [1.54, 1.807) is 6.92 Å². The van der Waals surface area contributed by atoms with Gasteiger partial charge in [-0.05, 0) is 19.4 Å². The minimum atomic E-state index is -3.36. The van der Waals surface area contributed by atoms with Crippen LogP contribution in [0.5, 0.6) is 0 Å². The summed E-state index contributed by atoms with van der Waals surface area (Å²) < 4.78 is 30.2. The van der Waals surface area contributed by atoms with E-state index in [2.05, 4.69) is 25.5 Å². The van der Waals surface area contributed by atoms with Crippen LogP contribution in [0.2, 0.25) is 0 Å². The summed E-state index contributed by atoms with van der Waals surface area (Å²) in [4.78, 5) is 15.8. The van der Waals surface area contributed by atoms with Crippen LogP contribution in [0.25, 0.3) is 0 Å². The second kappa shape index (κ2) is 6.96. The molecule has 1 aliphatic heterocycles. The highest BCUT2D eigenvalue weighted by Crippen LogP contribution is 2.20. The molecule has 21 heavy (non-hydrogen) atoms. The quantitative estimate of drug-likeness (QED) is 0.598. The standard InChI is InChI=1S/C11H19N5O4S/c1-2-14-21(18,19)7-6-13-10(17)9-15-11(20-16-9)8-4-3-5-12-8/h8,12,14H,2-7H2,1H3,(H,13,17). The van der Waals surface area contributed by atoms with E-state index >= 15 is 0 Å². The maximum absolute atomic E-state index is 11.8. The molecule has 0 spiro atoms. The molecule has 0 radical (unpaired) electrons. The molecule has 2 heterocycles. The first-order valence-corrected chi connectivity index (χ1v) is 8.49. The maximum Gasteiger partial charge on any atom is 0.292 e. The predicted octanol–water partition coefficient (Wildman–Crippen LogP) is -0.837. The van der Waals surface area contributed by atoms with Gasteiger partial charge in [-0.2, -0.15) is 4.98 Å². The molecule has 9 nitrogen and oxygen atoms in total. The molecule has 0 bridgehead atoms. The van der Waals surface area contributed by atoms with Crippen molar-refractivity contribution in [2.24, 2.45) is 0 Å². The lowest BCUT2D eigenvalue weighted by molar-refractivity contribution is 0.0943. The molecule has 1 aromatic heterocycles. The highest BCUT2D eigenvalue weighted by Gasteiger charge is 2.24. The number of nitrogens with zero attached hydrogens (tertiary/aromatic N) is 2. The van der Waals surface area contributed by atoms with Gasteiger partial charge in [-0.25, -0.2) is 13.1 Å². The molecule has 1 fully saturated rings. The fourth-order valence-corrected chi connectivity index (χ4v) is 2.99. The lowest BCUT2D eigenvalue weighted by Gasteiger charge is -2.04. The van der Waals surface area contributed by atoms with Crippen LogP contribution in [0.15, 0.2) is 4.52 Å². The zero-order valence-electron chi connectivity index (χ0n) is 11.8. The molecule has 118 valence electrons. The van der Waals surface area contributed by atoms with Crippen molar-refractivity contribution >= 4 is 15.9 Å². The van der Waals surface area contributed by atoms with Crippen LogP contribution < -0.4 is 15.4 Å². The third kappa shape index (κ3) is 4.48. The van der Waals surface area contributed by atoms with Crippen LogP contribution in [0.4, 0.5) is 0 Å². The van der Waals surface area contributed by atoms with Gasteiger partial charge >= 0.3 is 0 Å². The van der Waals surface area contributed by atoms with Crippen molar-refractivity contribution in [3.63, 3.8) is 0 Å². The molecular formula is C11H19N5O4S. The Kier molecular flexibility index (Phi) is 5.26. The first-order valence-electron chi connectivity index (χ1n) is 6.84. The molecule has 1 atom stereocenters. The van der Waals surface area contributed by atoms with Crippen LogP contribution >= 0.6 is 0 Å². The number of sulfonamides is 1. The molecule has 3 N–H and O–H groups in total. The molecule has 10 heteroatoms. The Morgan fingerprint density at radius 1 is 1.52 bits per heavy atom. The molecule has 0 aliphatic carbocycles. The van der Waals surface area contributed by atoms with Crippen molar-refractivity contribution in [3.05, 3.63) is 11.7 Å². The van der Waals surface area contributed by atoms with Crippen molar-refractivity contribution in [3.8, 4) is 0 Å². The Hall–Kier alpha value is -1.52. The molecule has 1 amide bonds. The van der Waals surface area contributed by atoms with Crippen LogP contribution in [0.3, 0.4) is 0 Å². The van der Waals surface area contributed by atoms with E-state index in [1.807, 2.05) is 0 Å². The van der Waals surface area contributed by atoms with Gasteiger partial charge in [0, 0.05) is 13.1 Å². The molecule has 1 aromatic rings. The summed E-state index contributed by atoms with van der Waals surface area (Å²) in [6.45, 7) is 2.88. The second-order valence-electron chi connectivity index (χ2n) is 4.68. The van der Waals surface area contributed by atoms with Crippen LogP contribution in [0, 0.1) is 0 Å². The molecule has 1 unspecified atom stereocenters. The van der Waals surface area contributed by atoms with Gasteiger partial charge in [-0.1, -0.05) is 12.1 Å². The maximum atomic E-state index is 11.8. The molecule has 1 saturated heterocycles. The minimum absolute atomic E-state index is 0.00631.